The van der Waals surface area contributed by atoms with Crippen LogP contribution in [0.1, 0.15) is 23.6 Å². The molecule has 0 fully saturated rings. The van der Waals surface area contributed by atoms with E-state index in [-0.39, 0.29) is 28.6 Å². The van der Waals surface area contributed by atoms with Crippen LogP contribution < -0.4 is 14.2 Å². The van der Waals surface area contributed by atoms with Crippen molar-refractivity contribution in [2.75, 3.05) is 11.9 Å². The summed E-state index contributed by atoms with van der Waals surface area (Å²) in [7, 11) is -4.09. The van der Waals surface area contributed by atoms with Crippen LogP contribution in [0.15, 0.2) is 71.1 Å². The van der Waals surface area contributed by atoms with Gasteiger partial charge in [0.15, 0.2) is 11.5 Å². The van der Waals surface area contributed by atoms with Gasteiger partial charge in [0.05, 0.1) is 6.61 Å². The fourth-order valence-electron chi connectivity index (χ4n) is 3.06. The Hall–Kier alpha value is -3.80. The van der Waals surface area contributed by atoms with Gasteiger partial charge in [0.25, 0.3) is 5.91 Å². The van der Waals surface area contributed by atoms with Crippen molar-refractivity contribution >= 4 is 39.4 Å². The molecule has 0 bridgehead atoms. The number of rotatable bonds is 8. The number of anilines is 1. The number of carbonyl (C=O) groups is 1. The summed E-state index contributed by atoms with van der Waals surface area (Å²) < 4.78 is 36.3. The fraction of sp³-hybridized carbons (Fsp3) is 0.154. The van der Waals surface area contributed by atoms with Crippen LogP contribution >= 0.6 is 11.6 Å². The zero-order chi connectivity index (χ0) is 25.6. The van der Waals surface area contributed by atoms with Crippen molar-refractivity contribution < 1.29 is 22.1 Å². The van der Waals surface area contributed by atoms with Gasteiger partial charge in [-0.25, -0.2) is 0 Å². The summed E-state index contributed by atoms with van der Waals surface area (Å²) in [6.07, 6.45) is 1.37. The Morgan fingerprint density at radius 2 is 1.77 bits per heavy atom. The van der Waals surface area contributed by atoms with Gasteiger partial charge in [-0.1, -0.05) is 41.4 Å². The lowest BCUT2D eigenvalue weighted by Gasteiger charge is -2.13. The fourth-order valence-corrected chi connectivity index (χ4v) is 4.17. The third kappa shape index (κ3) is 6.63. The molecule has 0 radical (unpaired) electrons. The second-order valence-electron chi connectivity index (χ2n) is 7.57. The number of amides is 1. The van der Waals surface area contributed by atoms with Gasteiger partial charge in [0.1, 0.15) is 16.5 Å². The van der Waals surface area contributed by atoms with Crippen molar-refractivity contribution in [2.24, 2.45) is 0 Å². The molecule has 0 atom stereocenters. The largest absolute Gasteiger partial charge is 0.490 e. The van der Waals surface area contributed by atoms with Gasteiger partial charge in [-0.2, -0.15) is 13.7 Å². The number of benzene rings is 3. The van der Waals surface area contributed by atoms with Gasteiger partial charge in [-0.3, -0.25) is 4.79 Å². The minimum absolute atomic E-state index is 0.00858. The molecular formula is C26H23ClN2O5S. The summed E-state index contributed by atoms with van der Waals surface area (Å²) >= 11 is 6.00. The van der Waals surface area contributed by atoms with E-state index in [1.807, 2.05) is 13.0 Å². The zero-order valence-electron chi connectivity index (χ0n) is 19.3. The monoisotopic (exact) mass is 510 g/mol. The minimum atomic E-state index is -4.09. The molecular weight excluding hydrogens is 488 g/mol. The predicted octanol–water partition coefficient (Wildman–Crippen LogP) is 5.67. The van der Waals surface area contributed by atoms with Gasteiger partial charge >= 0.3 is 10.1 Å². The molecule has 0 saturated carbocycles. The highest BCUT2D eigenvalue weighted by Gasteiger charge is 2.20. The second-order valence-corrected chi connectivity index (χ2v) is 9.56. The van der Waals surface area contributed by atoms with E-state index < -0.39 is 16.0 Å². The Balaban J connectivity index is 1.89. The number of ether oxygens (including phenoxy) is 1. The average molecular weight is 511 g/mol. The first-order chi connectivity index (χ1) is 16.6. The molecule has 0 aliphatic carbocycles. The molecule has 0 aliphatic heterocycles. The van der Waals surface area contributed by atoms with Gasteiger partial charge in [0, 0.05) is 10.7 Å². The van der Waals surface area contributed by atoms with E-state index in [9.17, 15) is 18.5 Å². The molecule has 1 N–H and O–H groups in total. The maximum absolute atomic E-state index is 12.7. The Bertz CT molecular complexity index is 1430. The molecule has 35 heavy (non-hydrogen) atoms. The molecule has 9 heteroatoms. The first-order valence-corrected chi connectivity index (χ1v) is 12.4. The van der Waals surface area contributed by atoms with Crippen LogP contribution in [0.25, 0.3) is 6.08 Å². The number of aryl methyl sites for hydroxylation is 2. The number of nitrogens with zero attached hydrogens (tertiary/aromatic N) is 1. The summed E-state index contributed by atoms with van der Waals surface area (Å²) in [6, 6.07) is 17.6. The van der Waals surface area contributed by atoms with Crippen LogP contribution in [0.5, 0.6) is 11.5 Å². The number of halogens is 1. The molecule has 3 rings (SSSR count). The Morgan fingerprint density at radius 3 is 2.43 bits per heavy atom. The highest BCUT2D eigenvalue weighted by atomic mass is 35.5. The number of nitriles is 1. The molecule has 0 saturated heterocycles. The third-order valence-electron chi connectivity index (χ3n) is 4.90. The maximum Gasteiger partial charge on any atom is 0.339 e. The van der Waals surface area contributed by atoms with E-state index in [4.69, 9.17) is 20.5 Å². The van der Waals surface area contributed by atoms with Crippen molar-refractivity contribution in [3.8, 4) is 17.6 Å². The van der Waals surface area contributed by atoms with E-state index in [0.717, 1.165) is 11.1 Å². The van der Waals surface area contributed by atoms with Crippen LogP contribution in [0.3, 0.4) is 0 Å². The van der Waals surface area contributed by atoms with E-state index in [1.54, 1.807) is 44.2 Å². The number of hydrogen-bond donors (Lipinski definition) is 1. The molecule has 180 valence electrons. The summed E-state index contributed by atoms with van der Waals surface area (Å²) in [5, 5.41) is 12.7. The maximum atomic E-state index is 12.7. The third-order valence-corrected chi connectivity index (χ3v) is 6.38. The van der Waals surface area contributed by atoms with Crippen LogP contribution in [-0.2, 0) is 14.9 Å². The van der Waals surface area contributed by atoms with Crippen LogP contribution in [0.2, 0.25) is 5.02 Å². The quantitative estimate of drug-likeness (QED) is 0.238. The van der Waals surface area contributed by atoms with Gasteiger partial charge in [-0.05, 0) is 74.4 Å². The zero-order valence-corrected chi connectivity index (χ0v) is 20.9. The second kappa shape index (κ2) is 11.1. The summed E-state index contributed by atoms with van der Waals surface area (Å²) in [5.74, 6) is -0.472. The Kier molecular flexibility index (Phi) is 8.18. The summed E-state index contributed by atoms with van der Waals surface area (Å²) in [5.41, 5.74) is 2.48. The van der Waals surface area contributed by atoms with Crippen LogP contribution in [0, 0.1) is 25.2 Å². The minimum Gasteiger partial charge on any atom is -0.490 e. The van der Waals surface area contributed by atoms with Crippen LogP contribution in [-0.4, -0.2) is 20.9 Å². The number of carbonyl (C=O) groups excluding carboxylic acids is 1. The van der Waals surface area contributed by atoms with E-state index >= 15 is 0 Å². The molecule has 7 nitrogen and oxygen atoms in total. The van der Waals surface area contributed by atoms with Crippen molar-refractivity contribution in [3.05, 3.63) is 87.9 Å². The molecule has 1 amide bonds. The lowest BCUT2D eigenvalue weighted by Crippen LogP contribution is -2.14. The van der Waals surface area contributed by atoms with Crippen molar-refractivity contribution in [1.82, 2.24) is 0 Å². The Morgan fingerprint density at radius 1 is 1.06 bits per heavy atom. The van der Waals surface area contributed by atoms with Crippen molar-refractivity contribution in [2.45, 2.75) is 25.7 Å². The van der Waals surface area contributed by atoms with Gasteiger partial charge < -0.3 is 14.2 Å². The Labute approximate surface area is 209 Å². The SMILES string of the molecule is CCOc1cc(/C=C(\C#N)C(=O)Nc2cc(Cl)ccc2C)ccc1OS(=O)(=O)c1ccc(C)cc1. The van der Waals surface area contributed by atoms with Crippen molar-refractivity contribution in [3.63, 3.8) is 0 Å². The summed E-state index contributed by atoms with van der Waals surface area (Å²) in [6.45, 7) is 5.64. The molecule has 3 aromatic rings. The molecule has 0 spiro atoms. The molecule has 0 unspecified atom stereocenters. The average Bonchev–Trinajstić information content (AvgIpc) is 2.81. The molecule has 0 aromatic heterocycles. The van der Waals surface area contributed by atoms with Gasteiger partial charge in [-0.15, -0.1) is 0 Å². The lowest BCUT2D eigenvalue weighted by atomic mass is 10.1. The van der Waals surface area contributed by atoms with E-state index in [0.29, 0.717) is 16.3 Å². The van der Waals surface area contributed by atoms with Gasteiger partial charge in [0.2, 0.25) is 0 Å². The highest BCUT2D eigenvalue weighted by molar-refractivity contribution is 7.87. The highest BCUT2D eigenvalue weighted by Crippen LogP contribution is 2.32. The first kappa shape index (κ1) is 25.8. The standard InChI is InChI=1S/C26H23ClN2O5S/c1-4-33-25-14-19(8-12-24(25)34-35(31,32)22-10-5-17(2)6-11-22)13-20(16-28)26(30)29-23-15-21(27)9-7-18(23)3/h5-15H,4H2,1-3H3,(H,29,30)/b20-13+. The molecule has 3 aromatic carbocycles. The topological polar surface area (TPSA) is 105 Å². The van der Waals surface area contributed by atoms with Crippen molar-refractivity contribution in [1.29, 1.82) is 5.26 Å². The summed E-state index contributed by atoms with van der Waals surface area (Å²) in [4.78, 5) is 12.7. The molecule has 0 heterocycles. The smallest absolute Gasteiger partial charge is 0.339 e. The number of hydrogen-bond acceptors (Lipinski definition) is 6. The van der Waals surface area contributed by atoms with E-state index in [1.165, 1.54) is 36.4 Å². The van der Waals surface area contributed by atoms with E-state index in [2.05, 4.69) is 5.32 Å². The van der Waals surface area contributed by atoms with Crippen LogP contribution in [0.4, 0.5) is 5.69 Å². The normalized spacial score (nSPS) is 11.5. The first-order valence-electron chi connectivity index (χ1n) is 10.6. The predicted molar refractivity (Wildman–Crippen MR) is 135 cm³/mol. The molecule has 0 aliphatic rings. The lowest BCUT2D eigenvalue weighted by molar-refractivity contribution is -0.112. The number of nitrogens with one attached hydrogen (secondary N) is 1.